The van der Waals surface area contributed by atoms with E-state index in [1.807, 2.05) is 24.3 Å². The molecule has 172 valence electrons. The quantitative estimate of drug-likeness (QED) is 0.391. The van der Waals surface area contributed by atoms with Crippen LogP contribution in [-0.4, -0.2) is 16.1 Å². The molecule has 0 atom stereocenters. The molecule has 1 aromatic heterocycles. The molecule has 0 fully saturated rings. The van der Waals surface area contributed by atoms with Crippen LogP contribution < -0.4 is 0 Å². The van der Waals surface area contributed by atoms with Gasteiger partial charge in [0.1, 0.15) is 11.5 Å². The van der Waals surface area contributed by atoms with Crippen LogP contribution in [0, 0.1) is 0 Å². The average Bonchev–Trinajstić information content (AvgIpc) is 3.18. The lowest BCUT2D eigenvalue weighted by atomic mass is 9.73. The molecule has 6 rings (SSSR count). The topological polar surface area (TPSA) is 48.3 Å². The zero-order valence-electron chi connectivity index (χ0n) is 18.6. The number of para-hydroxylation sites is 1. The summed E-state index contributed by atoms with van der Waals surface area (Å²) < 4.78 is 8.36. The molecule has 0 radical (unpaired) electrons. The molecule has 0 saturated heterocycles. The zero-order valence-corrected chi connectivity index (χ0v) is 20.1. The van der Waals surface area contributed by atoms with E-state index in [-0.39, 0.29) is 17.5 Å². The third kappa shape index (κ3) is 3.52. The second-order valence-corrected chi connectivity index (χ2v) is 10.1. The minimum absolute atomic E-state index is 0.0914. The second kappa shape index (κ2) is 8.44. The summed E-state index contributed by atoms with van der Waals surface area (Å²) in [6.45, 7) is 0.555. The van der Waals surface area contributed by atoms with Crippen molar-refractivity contribution in [1.82, 2.24) is 4.57 Å². The van der Waals surface area contributed by atoms with Crippen molar-refractivity contribution in [2.24, 2.45) is 0 Å². The second-order valence-electron chi connectivity index (χ2n) is 9.23. The first-order valence-electron chi connectivity index (χ1n) is 11.7. The van der Waals surface area contributed by atoms with Crippen LogP contribution in [0.3, 0.4) is 0 Å². The molecule has 0 unspecified atom stereocenters. The first-order chi connectivity index (χ1) is 16.5. The van der Waals surface area contributed by atoms with Gasteiger partial charge >= 0.3 is 0 Å². The first-order valence-corrected chi connectivity index (χ1v) is 12.5. The standard InChI is InChI=1S/C28H23Cl2NO3/c29-17-12-11-16(20(30)13-17)14-31-15-19(18-5-1-2-6-21(18)31)26-27-22(32)7-3-9-24(27)34-25-10-4-8-23(33)28(25)26/h1-2,5-6,11-13,15,26H,3-4,7-10,14H2. The van der Waals surface area contributed by atoms with Gasteiger partial charge in [-0.2, -0.15) is 0 Å². The summed E-state index contributed by atoms with van der Waals surface area (Å²) in [6.07, 6.45) is 6.13. The fraction of sp³-hybridized carbons (Fsp3) is 0.286. The molecule has 34 heavy (non-hydrogen) atoms. The summed E-state index contributed by atoms with van der Waals surface area (Å²) in [5.74, 6) is 1.31. The fourth-order valence-corrected chi connectivity index (χ4v) is 6.07. The van der Waals surface area contributed by atoms with Gasteiger partial charge in [0.05, 0.1) is 0 Å². The molecule has 1 aliphatic heterocycles. The molecule has 0 spiro atoms. The van der Waals surface area contributed by atoms with Crippen LogP contribution in [0.1, 0.15) is 55.6 Å². The number of fused-ring (bicyclic) bond motifs is 1. The molecule has 2 aromatic carbocycles. The SMILES string of the molecule is O=C1CCCC2=C1C(c1cn(Cc3ccc(Cl)cc3Cl)c3ccccc13)C1=C(CCCC1=O)O2. The van der Waals surface area contributed by atoms with E-state index in [1.54, 1.807) is 6.07 Å². The number of rotatable bonds is 3. The third-order valence-electron chi connectivity index (χ3n) is 7.13. The summed E-state index contributed by atoms with van der Waals surface area (Å²) >= 11 is 12.6. The van der Waals surface area contributed by atoms with Crippen molar-refractivity contribution in [2.45, 2.75) is 51.0 Å². The van der Waals surface area contributed by atoms with Crippen molar-refractivity contribution in [3.05, 3.63) is 92.5 Å². The van der Waals surface area contributed by atoms with E-state index < -0.39 is 0 Å². The zero-order chi connectivity index (χ0) is 23.4. The molecule has 0 saturated carbocycles. The number of hydrogen-bond acceptors (Lipinski definition) is 3. The number of allylic oxidation sites excluding steroid dienone is 4. The molecule has 3 aromatic rings. The smallest absolute Gasteiger partial charge is 0.163 e. The van der Waals surface area contributed by atoms with Crippen LogP contribution in [0.4, 0.5) is 0 Å². The fourth-order valence-electron chi connectivity index (χ4n) is 5.60. The van der Waals surface area contributed by atoms with Gasteiger partial charge in [0.15, 0.2) is 11.6 Å². The predicted octanol–water partition coefficient (Wildman–Crippen LogP) is 7.12. The molecular formula is C28H23Cl2NO3. The van der Waals surface area contributed by atoms with Crippen molar-refractivity contribution in [3.63, 3.8) is 0 Å². The van der Waals surface area contributed by atoms with Gasteiger partial charge in [-0.25, -0.2) is 0 Å². The largest absolute Gasteiger partial charge is 0.465 e. The highest BCUT2D eigenvalue weighted by molar-refractivity contribution is 6.35. The number of carbonyl (C=O) groups is 2. The van der Waals surface area contributed by atoms with Gasteiger partial charge < -0.3 is 9.30 Å². The van der Waals surface area contributed by atoms with E-state index in [4.69, 9.17) is 27.9 Å². The van der Waals surface area contributed by atoms with Crippen LogP contribution in [0.15, 0.2) is 71.3 Å². The van der Waals surface area contributed by atoms with E-state index in [9.17, 15) is 9.59 Å². The van der Waals surface area contributed by atoms with Crippen molar-refractivity contribution in [2.75, 3.05) is 0 Å². The lowest BCUT2D eigenvalue weighted by Gasteiger charge is -2.35. The number of hydrogen-bond donors (Lipinski definition) is 0. The molecule has 0 bridgehead atoms. The number of ether oxygens (including phenoxy) is 1. The van der Waals surface area contributed by atoms with Gasteiger partial charge in [-0.05, 0) is 42.2 Å². The maximum absolute atomic E-state index is 13.2. The summed E-state index contributed by atoms with van der Waals surface area (Å²) in [6, 6.07) is 13.7. The number of Topliss-reactive ketones (excluding diaryl/α,β-unsaturated/α-hetero) is 2. The van der Waals surface area contributed by atoms with E-state index in [0.717, 1.165) is 59.2 Å². The summed E-state index contributed by atoms with van der Waals surface area (Å²) in [5.41, 5.74) is 4.31. The Kier molecular flexibility index (Phi) is 5.39. The van der Waals surface area contributed by atoms with E-state index in [2.05, 4.69) is 22.9 Å². The van der Waals surface area contributed by atoms with Gasteiger partial charge in [-0.15, -0.1) is 0 Å². The number of benzene rings is 2. The number of ketones is 2. The lowest BCUT2D eigenvalue weighted by molar-refractivity contribution is -0.117. The van der Waals surface area contributed by atoms with Gasteiger partial charge in [-0.1, -0.05) is 47.5 Å². The maximum Gasteiger partial charge on any atom is 0.163 e. The molecule has 0 amide bonds. The van der Waals surface area contributed by atoms with Gasteiger partial charge in [0.2, 0.25) is 0 Å². The Morgan fingerprint density at radius 3 is 2.24 bits per heavy atom. The van der Waals surface area contributed by atoms with Crippen molar-refractivity contribution in [1.29, 1.82) is 0 Å². The Morgan fingerprint density at radius 1 is 0.882 bits per heavy atom. The summed E-state index contributed by atoms with van der Waals surface area (Å²) in [5, 5.41) is 2.24. The molecule has 0 N–H and O–H groups in total. The predicted molar refractivity (Wildman–Crippen MR) is 133 cm³/mol. The molecule has 2 aliphatic carbocycles. The van der Waals surface area contributed by atoms with Crippen LogP contribution >= 0.6 is 23.2 Å². The van der Waals surface area contributed by atoms with Crippen LogP contribution in [0.25, 0.3) is 10.9 Å². The third-order valence-corrected chi connectivity index (χ3v) is 7.71. The van der Waals surface area contributed by atoms with Crippen molar-refractivity contribution >= 4 is 45.7 Å². The molecule has 4 nitrogen and oxygen atoms in total. The van der Waals surface area contributed by atoms with Gasteiger partial charge in [-0.3, -0.25) is 9.59 Å². The monoisotopic (exact) mass is 491 g/mol. The maximum atomic E-state index is 13.2. The number of halogens is 2. The Labute approximate surface area is 207 Å². The Morgan fingerprint density at radius 2 is 1.56 bits per heavy atom. The lowest BCUT2D eigenvalue weighted by Crippen LogP contribution is -2.30. The highest BCUT2D eigenvalue weighted by Crippen LogP contribution is 2.49. The minimum atomic E-state index is -0.383. The Bertz CT molecular complexity index is 1390. The minimum Gasteiger partial charge on any atom is -0.465 e. The highest BCUT2D eigenvalue weighted by Gasteiger charge is 2.42. The Balaban J connectivity index is 1.55. The van der Waals surface area contributed by atoms with Crippen LogP contribution in [-0.2, 0) is 20.9 Å². The Hall–Kier alpha value is -2.82. The normalized spacial score (nSPS) is 18.9. The molecular weight excluding hydrogens is 469 g/mol. The molecule has 6 heteroatoms. The van der Waals surface area contributed by atoms with E-state index >= 15 is 0 Å². The van der Waals surface area contributed by atoms with E-state index in [1.165, 1.54) is 0 Å². The van der Waals surface area contributed by atoms with Gasteiger partial charge in [0, 0.05) is 76.4 Å². The number of nitrogens with zero attached hydrogens (tertiary/aromatic N) is 1. The van der Waals surface area contributed by atoms with Crippen molar-refractivity contribution in [3.8, 4) is 0 Å². The first kappa shape index (κ1) is 21.7. The van der Waals surface area contributed by atoms with Crippen molar-refractivity contribution < 1.29 is 14.3 Å². The molecule has 3 aliphatic rings. The summed E-state index contributed by atoms with van der Waals surface area (Å²) in [4.78, 5) is 26.4. The average molecular weight is 492 g/mol. The van der Waals surface area contributed by atoms with Crippen LogP contribution in [0.5, 0.6) is 0 Å². The van der Waals surface area contributed by atoms with Gasteiger partial charge in [0.25, 0.3) is 0 Å². The van der Waals surface area contributed by atoms with E-state index in [0.29, 0.717) is 40.6 Å². The number of aromatic nitrogens is 1. The summed E-state index contributed by atoms with van der Waals surface area (Å²) in [7, 11) is 0. The number of carbonyl (C=O) groups excluding carboxylic acids is 2. The molecule has 2 heterocycles. The highest BCUT2D eigenvalue weighted by atomic mass is 35.5. The van der Waals surface area contributed by atoms with Crippen LogP contribution in [0.2, 0.25) is 10.0 Å².